The Kier molecular flexibility index (Phi) is 8.10. The van der Waals surface area contributed by atoms with Crippen molar-refractivity contribution >= 4 is 46.8 Å². The first-order chi connectivity index (χ1) is 17.0. The molecule has 0 unspecified atom stereocenters. The Balaban J connectivity index is 1.42. The van der Waals surface area contributed by atoms with Crippen LogP contribution in [-0.2, 0) is 16.0 Å². The van der Waals surface area contributed by atoms with Gasteiger partial charge in [-0.3, -0.25) is 9.59 Å². The fourth-order valence-corrected chi connectivity index (χ4v) is 5.25. The van der Waals surface area contributed by atoms with Gasteiger partial charge in [-0.2, -0.15) is 0 Å². The lowest BCUT2D eigenvalue weighted by molar-refractivity contribution is -0.128. The summed E-state index contributed by atoms with van der Waals surface area (Å²) in [7, 11) is 0. The standard InChI is InChI=1S/C27H25ClN2O4S/c1-2-34-27(33)22-16-21(12-13-23(22)28)29-25(32)19-8-10-20(11-9-19)26-30(24(31)17-35-26)15-14-18-6-4-3-5-7-18/h3-13,16,26H,2,14-15,17H2,1H3,(H,29,32)/t26-/m0/s1. The Morgan fingerprint density at radius 2 is 1.83 bits per heavy atom. The molecule has 1 aliphatic rings. The highest BCUT2D eigenvalue weighted by molar-refractivity contribution is 8.00. The highest BCUT2D eigenvalue weighted by Crippen LogP contribution is 2.38. The van der Waals surface area contributed by atoms with Crippen molar-refractivity contribution in [3.8, 4) is 0 Å². The number of anilines is 1. The van der Waals surface area contributed by atoms with Gasteiger partial charge >= 0.3 is 5.97 Å². The first kappa shape index (κ1) is 24.8. The molecule has 0 bridgehead atoms. The molecule has 8 heteroatoms. The lowest BCUT2D eigenvalue weighted by Crippen LogP contribution is -2.30. The summed E-state index contributed by atoms with van der Waals surface area (Å²) in [6.45, 7) is 2.58. The van der Waals surface area contributed by atoms with E-state index < -0.39 is 5.97 Å². The summed E-state index contributed by atoms with van der Waals surface area (Å²) in [6.07, 6.45) is 0.791. The molecule has 3 aromatic carbocycles. The molecule has 1 aliphatic heterocycles. The van der Waals surface area contributed by atoms with Crippen molar-refractivity contribution in [1.29, 1.82) is 0 Å². The number of ether oxygens (including phenoxy) is 1. The molecule has 0 spiro atoms. The van der Waals surface area contributed by atoms with E-state index in [4.69, 9.17) is 16.3 Å². The fraction of sp³-hybridized carbons (Fsp3) is 0.222. The molecule has 1 N–H and O–H groups in total. The normalized spacial score (nSPS) is 15.2. The van der Waals surface area contributed by atoms with Gasteiger partial charge in [0.15, 0.2) is 0 Å². The number of carbonyl (C=O) groups is 3. The SMILES string of the molecule is CCOC(=O)c1cc(NC(=O)c2ccc([C@@H]3SCC(=O)N3CCc3ccccc3)cc2)ccc1Cl. The number of hydrogen-bond acceptors (Lipinski definition) is 5. The summed E-state index contributed by atoms with van der Waals surface area (Å²) >= 11 is 7.69. The molecule has 1 fully saturated rings. The second-order valence-corrected chi connectivity index (χ2v) is 9.45. The third-order valence-electron chi connectivity index (χ3n) is 5.63. The van der Waals surface area contributed by atoms with Gasteiger partial charge in [-0.1, -0.05) is 54.1 Å². The van der Waals surface area contributed by atoms with Crippen molar-refractivity contribution in [2.75, 3.05) is 24.2 Å². The second kappa shape index (κ2) is 11.4. The molecule has 35 heavy (non-hydrogen) atoms. The van der Waals surface area contributed by atoms with Gasteiger partial charge in [-0.25, -0.2) is 4.79 Å². The van der Waals surface area contributed by atoms with Crippen molar-refractivity contribution in [2.24, 2.45) is 0 Å². The summed E-state index contributed by atoms with van der Waals surface area (Å²) in [5, 5.41) is 2.97. The van der Waals surface area contributed by atoms with Gasteiger partial charge < -0.3 is 15.0 Å². The van der Waals surface area contributed by atoms with Gasteiger partial charge in [-0.15, -0.1) is 11.8 Å². The smallest absolute Gasteiger partial charge is 0.339 e. The molecule has 6 nitrogen and oxygen atoms in total. The van der Waals surface area contributed by atoms with E-state index in [9.17, 15) is 14.4 Å². The van der Waals surface area contributed by atoms with Gasteiger partial charge in [0, 0.05) is 17.8 Å². The van der Waals surface area contributed by atoms with E-state index in [1.165, 1.54) is 11.6 Å². The first-order valence-electron chi connectivity index (χ1n) is 11.3. The maximum absolute atomic E-state index is 12.8. The van der Waals surface area contributed by atoms with E-state index in [0.717, 1.165) is 12.0 Å². The average molecular weight is 509 g/mol. The van der Waals surface area contributed by atoms with E-state index in [-0.39, 0.29) is 34.4 Å². The molecule has 0 radical (unpaired) electrons. The molecule has 1 saturated heterocycles. The minimum Gasteiger partial charge on any atom is -0.462 e. The zero-order valence-electron chi connectivity index (χ0n) is 19.2. The summed E-state index contributed by atoms with van der Waals surface area (Å²) < 4.78 is 5.01. The maximum atomic E-state index is 12.8. The Labute approximate surface area is 213 Å². The number of rotatable bonds is 8. The third kappa shape index (κ3) is 6.05. The van der Waals surface area contributed by atoms with Crippen LogP contribution in [0.1, 0.15) is 44.1 Å². The molecule has 180 valence electrons. The van der Waals surface area contributed by atoms with Gasteiger partial charge in [-0.05, 0) is 54.8 Å². The minimum absolute atomic E-state index is 0.0771. The van der Waals surface area contributed by atoms with Crippen molar-refractivity contribution in [1.82, 2.24) is 4.90 Å². The molecule has 0 saturated carbocycles. The predicted molar refractivity (Wildman–Crippen MR) is 139 cm³/mol. The van der Waals surface area contributed by atoms with Crippen molar-refractivity contribution in [2.45, 2.75) is 18.7 Å². The number of halogens is 1. The Bertz CT molecular complexity index is 1220. The van der Waals surface area contributed by atoms with Crippen LogP contribution in [0.5, 0.6) is 0 Å². The van der Waals surface area contributed by atoms with Crippen molar-refractivity contribution in [3.05, 3.63) is 100 Å². The predicted octanol–water partition coefficient (Wildman–Crippen LogP) is 5.59. The summed E-state index contributed by atoms with van der Waals surface area (Å²) in [6, 6.07) is 22.0. The van der Waals surface area contributed by atoms with Crippen molar-refractivity contribution < 1.29 is 19.1 Å². The number of benzene rings is 3. The van der Waals surface area contributed by atoms with Crippen LogP contribution in [-0.4, -0.2) is 41.6 Å². The van der Waals surface area contributed by atoms with Crippen LogP contribution in [0.3, 0.4) is 0 Å². The van der Waals surface area contributed by atoms with E-state index in [0.29, 0.717) is 23.5 Å². The first-order valence-corrected chi connectivity index (χ1v) is 12.7. The molecule has 0 aromatic heterocycles. The zero-order valence-corrected chi connectivity index (χ0v) is 20.8. The largest absolute Gasteiger partial charge is 0.462 e. The van der Waals surface area contributed by atoms with Crippen LogP contribution in [0.2, 0.25) is 5.02 Å². The Hall–Kier alpha value is -3.29. The number of nitrogens with one attached hydrogen (secondary N) is 1. The molecule has 0 aliphatic carbocycles. The number of amides is 2. The van der Waals surface area contributed by atoms with Crippen molar-refractivity contribution in [3.63, 3.8) is 0 Å². The molecule has 1 atom stereocenters. The van der Waals surface area contributed by atoms with Crippen LogP contribution in [0, 0.1) is 0 Å². The number of hydrogen-bond donors (Lipinski definition) is 1. The topological polar surface area (TPSA) is 75.7 Å². The summed E-state index contributed by atoms with van der Waals surface area (Å²) in [4.78, 5) is 39.2. The van der Waals surface area contributed by atoms with Crippen LogP contribution in [0.25, 0.3) is 0 Å². The molecule has 3 aromatic rings. The molecular formula is C27H25ClN2O4S. The molecule has 4 rings (SSSR count). The molecule has 1 heterocycles. The lowest BCUT2D eigenvalue weighted by Gasteiger charge is -2.24. The minimum atomic E-state index is -0.543. The average Bonchev–Trinajstić information content (AvgIpc) is 3.24. The van der Waals surface area contributed by atoms with Crippen LogP contribution < -0.4 is 5.32 Å². The van der Waals surface area contributed by atoms with E-state index in [1.807, 2.05) is 35.2 Å². The van der Waals surface area contributed by atoms with E-state index in [1.54, 1.807) is 43.0 Å². The highest BCUT2D eigenvalue weighted by atomic mass is 35.5. The number of esters is 1. The fourth-order valence-electron chi connectivity index (χ4n) is 3.84. The molecular weight excluding hydrogens is 484 g/mol. The van der Waals surface area contributed by atoms with Gasteiger partial charge in [0.25, 0.3) is 5.91 Å². The Morgan fingerprint density at radius 3 is 2.54 bits per heavy atom. The van der Waals surface area contributed by atoms with Crippen LogP contribution in [0.4, 0.5) is 5.69 Å². The Morgan fingerprint density at radius 1 is 1.09 bits per heavy atom. The number of carbonyl (C=O) groups excluding carboxylic acids is 3. The highest BCUT2D eigenvalue weighted by Gasteiger charge is 2.32. The van der Waals surface area contributed by atoms with Gasteiger partial charge in [0.05, 0.1) is 22.9 Å². The molecule has 2 amide bonds. The van der Waals surface area contributed by atoms with Gasteiger partial charge in [0.2, 0.25) is 5.91 Å². The van der Waals surface area contributed by atoms with E-state index >= 15 is 0 Å². The monoisotopic (exact) mass is 508 g/mol. The van der Waals surface area contributed by atoms with Crippen LogP contribution >= 0.6 is 23.4 Å². The summed E-state index contributed by atoms with van der Waals surface area (Å²) in [5.74, 6) is -0.290. The quantitative estimate of drug-likeness (QED) is 0.402. The maximum Gasteiger partial charge on any atom is 0.339 e. The lowest BCUT2D eigenvalue weighted by atomic mass is 10.1. The number of thioether (sulfide) groups is 1. The zero-order chi connectivity index (χ0) is 24.8. The van der Waals surface area contributed by atoms with Crippen LogP contribution in [0.15, 0.2) is 72.8 Å². The van der Waals surface area contributed by atoms with Gasteiger partial charge in [0.1, 0.15) is 5.37 Å². The summed E-state index contributed by atoms with van der Waals surface area (Å²) in [5.41, 5.74) is 3.26. The van der Waals surface area contributed by atoms with E-state index in [2.05, 4.69) is 17.4 Å². The number of nitrogens with zero attached hydrogens (tertiary/aromatic N) is 1. The third-order valence-corrected chi connectivity index (χ3v) is 7.22. The second-order valence-electron chi connectivity index (χ2n) is 7.98.